The van der Waals surface area contributed by atoms with Crippen molar-refractivity contribution in [2.75, 3.05) is 19.7 Å². The fraction of sp³-hybridized carbons (Fsp3) is 0.538. The Labute approximate surface area is 114 Å². The third kappa shape index (κ3) is 2.81. The molecule has 0 amide bonds. The van der Waals surface area contributed by atoms with Crippen molar-refractivity contribution in [1.29, 1.82) is 0 Å². The lowest BCUT2D eigenvalue weighted by atomic mass is 10.1. The highest BCUT2D eigenvalue weighted by molar-refractivity contribution is 7.89. The van der Waals surface area contributed by atoms with Crippen LogP contribution in [0.15, 0.2) is 23.1 Å². The first kappa shape index (κ1) is 14.5. The molecule has 0 spiro atoms. The molecule has 1 aromatic carbocycles. The van der Waals surface area contributed by atoms with Gasteiger partial charge in [0.15, 0.2) is 0 Å². The van der Waals surface area contributed by atoms with Crippen LogP contribution >= 0.6 is 0 Å². The molecule has 6 heteroatoms. The Kier molecular flexibility index (Phi) is 4.25. The van der Waals surface area contributed by atoms with Crippen molar-refractivity contribution in [1.82, 2.24) is 4.31 Å². The van der Waals surface area contributed by atoms with E-state index in [2.05, 4.69) is 0 Å². The summed E-state index contributed by atoms with van der Waals surface area (Å²) in [6.07, 6.45) is 0.718. The van der Waals surface area contributed by atoms with Crippen LogP contribution in [0, 0.1) is 12.8 Å². The highest BCUT2D eigenvalue weighted by Gasteiger charge is 2.32. The van der Waals surface area contributed by atoms with Gasteiger partial charge >= 0.3 is 0 Å². The van der Waals surface area contributed by atoms with Gasteiger partial charge in [-0.2, -0.15) is 4.31 Å². The zero-order valence-electron chi connectivity index (χ0n) is 11.0. The summed E-state index contributed by atoms with van der Waals surface area (Å²) >= 11 is 0. The molecule has 0 radical (unpaired) electrons. The molecule has 0 aromatic heterocycles. The van der Waals surface area contributed by atoms with Crippen molar-refractivity contribution in [2.45, 2.75) is 24.8 Å². The van der Waals surface area contributed by atoms with Crippen LogP contribution in [0.5, 0.6) is 0 Å². The molecule has 106 valence electrons. The molecule has 0 saturated carbocycles. The van der Waals surface area contributed by atoms with Gasteiger partial charge in [-0.15, -0.1) is 0 Å². The fourth-order valence-corrected chi connectivity index (χ4v) is 3.99. The maximum Gasteiger partial charge on any atom is 0.243 e. The third-order valence-electron chi connectivity index (χ3n) is 3.68. The average molecular weight is 284 g/mol. The van der Waals surface area contributed by atoms with Gasteiger partial charge < -0.3 is 10.8 Å². The van der Waals surface area contributed by atoms with Gasteiger partial charge in [0, 0.05) is 26.2 Å². The van der Waals surface area contributed by atoms with E-state index in [-0.39, 0.29) is 12.5 Å². The fourth-order valence-electron chi connectivity index (χ4n) is 2.37. The van der Waals surface area contributed by atoms with Gasteiger partial charge in [0.2, 0.25) is 10.0 Å². The second kappa shape index (κ2) is 5.58. The number of benzene rings is 1. The van der Waals surface area contributed by atoms with Crippen molar-refractivity contribution >= 4 is 10.0 Å². The Balaban J connectivity index is 2.27. The molecule has 1 saturated heterocycles. The molecule has 1 aromatic rings. The van der Waals surface area contributed by atoms with E-state index < -0.39 is 10.0 Å². The van der Waals surface area contributed by atoms with Crippen LogP contribution < -0.4 is 5.73 Å². The number of aliphatic hydroxyl groups is 1. The summed E-state index contributed by atoms with van der Waals surface area (Å²) in [5.41, 5.74) is 7.42. The van der Waals surface area contributed by atoms with Gasteiger partial charge in [0.1, 0.15) is 0 Å². The molecule has 1 aliphatic rings. The van der Waals surface area contributed by atoms with E-state index in [9.17, 15) is 8.42 Å². The standard InChI is InChI=1S/C13H20N2O3S/c1-10-6-13(3-2-12(10)7-14)19(17,18)15-5-4-11(8-15)9-16/h2-3,6,11,16H,4-5,7-9,14H2,1H3. The summed E-state index contributed by atoms with van der Waals surface area (Å²) in [6, 6.07) is 5.04. The van der Waals surface area contributed by atoms with Crippen LogP contribution in [0.3, 0.4) is 0 Å². The minimum absolute atomic E-state index is 0.0388. The predicted octanol–water partition coefficient (Wildman–Crippen LogP) is 0.457. The second-order valence-corrected chi connectivity index (χ2v) is 6.93. The van der Waals surface area contributed by atoms with Crippen LogP contribution in [0.4, 0.5) is 0 Å². The summed E-state index contributed by atoms with van der Waals surface area (Å²) in [6.45, 7) is 3.18. The molecule has 1 aliphatic heterocycles. The highest BCUT2D eigenvalue weighted by atomic mass is 32.2. The largest absolute Gasteiger partial charge is 0.396 e. The zero-order chi connectivity index (χ0) is 14.0. The predicted molar refractivity (Wildman–Crippen MR) is 73.0 cm³/mol. The van der Waals surface area contributed by atoms with Gasteiger partial charge in [-0.1, -0.05) is 6.07 Å². The van der Waals surface area contributed by atoms with E-state index in [4.69, 9.17) is 10.8 Å². The molecule has 2 rings (SSSR count). The third-order valence-corrected chi connectivity index (χ3v) is 5.54. The number of hydrogen-bond donors (Lipinski definition) is 2. The minimum Gasteiger partial charge on any atom is -0.396 e. The first-order valence-electron chi connectivity index (χ1n) is 6.39. The summed E-state index contributed by atoms with van der Waals surface area (Å²) in [5.74, 6) is 0.0548. The lowest BCUT2D eigenvalue weighted by Gasteiger charge is -2.17. The molecule has 0 bridgehead atoms. The van der Waals surface area contributed by atoms with E-state index in [1.165, 1.54) is 4.31 Å². The van der Waals surface area contributed by atoms with Crippen LogP contribution in [0.25, 0.3) is 0 Å². The number of aryl methyl sites for hydroxylation is 1. The number of aliphatic hydroxyl groups excluding tert-OH is 1. The maximum absolute atomic E-state index is 12.5. The quantitative estimate of drug-likeness (QED) is 0.841. The van der Waals surface area contributed by atoms with Gasteiger partial charge in [-0.25, -0.2) is 8.42 Å². The van der Waals surface area contributed by atoms with E-state index >= 15 is 0 Å². The normalized spacial score (nSPS) is 20.9. The van der Waals surface area contributed by atoms with Crippen molar-refractivity contribution in [2.24, 2.45) is 11.7 Å². The Morgan fingerprint density at radius 2 is 2.21 bits per heavy atom. The van der Waals surface area contributed by atoms with Crippen molar-refractivity contribution in [3.8, 4) is 0 Å². The van der Waals surface area contributed by atoms with Crippen molar-refractivity contribution < 1.29 is 13.5 Å². The molecule has 1 heterocycles. The van der Waals surface area contributed by atoms with Gasteiger partial charge in [0.25, 0.3) is 0 Å². The Hall–Kier alpha value is -0.950. The van der Waals surface area contributed by atoms with Crippen molar-refractivity contribution in [3.63, 3.8) is 0 Å². The summed E-state index contributed by atoms with van der Waals surface area (Å²) < 4.78 is 26.4. The lowest BCUT2D eigenvalue weighted by molar-refractivity contribution is 0.233. The molecule has 1 fully saturated rings. The number of rotatable bonds is 4. The summed E-state index contributed by atoms with van der Waals surface area (Å²) in [4.78, 5) is 0.306. The number of nitrogens with two attached hydrogens (primary N) is 1. The summed E-state index contributed by atoms with van der Waals surface area (Å²) in [7, 11) is -3.45. The molecule has 19 heavy (non-hydrogen) atoms. The van der Waals surface area contributed by atoms with E-state index in [1.807, 2.05) is 6.92 Å². The molecular weight excluding hydrogens is 264 g/mol. The monoisotopic (exact) mass is 284 g/mol. The van der Waals surface area contributed by atoms with E-state index in [1.54, 1.807) is 18.2 Å². The first-order chi connectivity index (χ1) is 8.98. The van der Waals surface area contributed by atoms with Crippen LogP contribution in [0.1, 0.15) is 17.5 Å². The average Bonchev–Trinajstić information content (AvgIpc) is 2.88. The Morgan fingerprint density at radius 1 is 1.47 bits per heavy atom. The van der Waals surface area contributed by atoms with Crippen molar-refractivity contribution in [3.05, 3.63) is 29.3 Å². The minimum atomic E-state index is -3.45. The highest BCUT2D eigenvalue weighted by Crippen LogP contribution is 2.25. The van der Waals surface area contributed by atoms with E-state index in [0.717, 1.165) is 17.5 Å². The summed E-state index contributed by atoms with van der Waals surface area (Å²) in [5, 5.41) is 9.10. The number of sulfonamides is 1. The van der Waals surface area contributed by atoms with E-state index in [0.29, 0.717) is 24.5 Å². The van der Waals surface area contributed by atoms with Crippen LogP contribution in [-0.2, 0) is 16.6 Å². The van der Waals surface area contributed by atoms with Gasteiger partial charge in [0.05, 0.1) is 4.90 Å². The maximum atomic E-state index is 12.5. The second-order valence-electron chi connectivity index (χ2n) is 4.99. The molecule has 1 atom stereocenters. The van der Waals surface area contributed by atoms with Crippen LogP contribution in [0.2, 0.25) is 0 Å². The molecule has 0 aliphatic carbocycles. The zero-order valence-corrected chi connectivity index (χ0v) is 11.9. The first-order valence-corrected chi connectivity index (χ1v) is 7.83. The lowest BCUT2D eigenvalue weighted by Crippen LogP contribution is -2.29. The number of nitrogens with zero attached hydrogens (tertiary/aromatic N) is 1. The van der Waals surface area contributed by atoms with Gasteiger partial charge in [-0.3, -0.25) is 0 Å². The molecular formula is C13H20N2O3S. The van der Waals surface area contributed by atoms with Crippen LogP contribution in [-0.4, -0.2) is 37.5 Å². The topological polar surface area (TPSA) is 83.6 Å². The Morgan fingerprint density at radius 3 is 2.74 bits per heavy atom. The van der Waals surface area contributed by atoms with Gasteiger partial charge in [-0.05, 0) is 42.5 Å². The Bertz CT molecular complexity index is 557. The molecule has 3 N–H and O–H groups in total. The molecule has 5 nitrogen and oxygen atoms in total. The smallest absolute Gasteiger partial charge is 0.243 e. The SMILES string of the molecule is Cc1cc(S(=O)(=O)N2CCC(CO)C2)ccc1CN. The molecule has 1 unspecified atom stereocenters. The number of hydrogen-bond acceptors (Lipinski definition) is 4.